The monoisotopic (exact) mass is 296 g/mol. The number of nitrogens with zero attached hydrogens (tertiary/aromatic N) is 2. The molecule has 0 aromatic heterocycles. The Hall–Kier alpha value is -1.49. The van der Waals surface area contributed by atoms with E-state index in [1.807, 2.05) is 11.8 Å². The Balaban J connectivity index is 2.04. The average molecular weight is 296 g/mol. The first-order valence-corrected chi connectivity index (χ1v) is 7.31. The number of rotatable bonds is 3. The van der Waals surface area contributed by atoms with Crippen molar-refractivity contribution in [2.75, 3.05) is 27.2 Å². The average Bonchev–Trinajstić information content (AvgIpc) is 2.46. The fraction of sp³-hybridized carbons (Fsp3) is 0.562. The molecule has 1 unspecified atom stereocenters. The molecule has 1 aromatic carbocycles. The largest absolute Gasteiger partial charge is 0.349 e. The molecule has 1 aliphatic heterocycles. The molecule has 0 aliphatic carbocycles. The van der Waals surface area contributed by atoms with Gasteiger partial charge in [-0.2, -0.15) is 0 Å². The standard InChI is InChI=1S/C16H22F2N2O/c1-11(15-13(17)5-4-6-14(15)18)20-9-7-12(8-10-20)16(21)19(2)3/h4-6,11-12H,7-10H2,1-3H3. The lowest BCUT2D eigenvalue weighted by Crippen LogP contribution is -2.41. The number of carbonyl (C=O) groups excluding carboxylic acids is 1. The lowest BCUT2D eigenvalue weighted by molar-refractivity contribution is -0.134. The van der Waals surface area contributed by atoms with Gasteiger partial charge in [-0.05, 0) is 45.0 Å². The lowest BCUT2D eigenvalue weighted by atomic mass is 9.93. The fourth-order valence-electron chi connectivity index (χ4n) is 2.99. The van der Waals surface area contributed by atoms with Gasteiger partial charge in [-0.3, -0.25) is 9.69 Å². The first-order valence-electron chi connectivity index (χ1n) is 7.31. The molecule has 3 nitrogen and oxygen atoms in total. The Labute approximate surface area is 124 Å². The van der Waals surface area contributed by atoms with Gasteiger partial charge in [0.15, 0.2) is 0 Å². The summed E-state index contributed by atoms with van der Waals surface area (Å²) in [5.74, 6) is -0.851. The van der Waals surface area contributed by atoms with Crippen LogP contribution in [-0.4, -0.2) is 42.9 Å². The molecule has 0 saturated carbocycles. The number of carbonyl (C=O) groups is 1. The van der Waals surface area contributed by atoms with Crippen LogP contribution in [0.2, 0.25) is 0 Å². The quantitative estimate of drug-likeness (QED) is 0.856. The van der Waals surface area contributed by atoms with E-state index in [1.165, 1.54) is 18.2 Å². The molecule has 1 heterocycles. The molecular weight excluding hydrogens is 274 g/mol. The van der Waals surface area contributed by atoms with Gasteiger partial charge in [0, 0.05) is 31.6 Å². The van der Waals surface area contributed by atoms with E-state index in [4.69, 9.17) is 0 Å². The highest BCUT2D eigenvalue weighted by molar-refractivity contribution is 5.78. The first kappa shape index (κ1) is 15.9. The SMILES string of the molecule is CC(c1c(F)cccc1F)N1CCC(C(=O)N(C)C)CC1. The van der Waals surface area contributed by atoms with Crippen LogP contribution in [0.5, 0.6) is 0 Å². The molecule has 1 saturated heterocycles. The minimum absolute atomic E-state index is 0.0221. The van der Waals surface area contributed by atoms with Crippen molar-refractivity contribution in [3.63, 3.8) is 0 Å². The van der Waals surface area contributed by atoms with Crippen LogP contribution in [-0.2, 0) is 4.79 Å². The maximum atomic E-state index is 13.8. The number of hydrogen-bond donors (Lipinski definition) is 0. The predicted octanol–water partition coefficient (Wildman–Crippen LogP) is 2.83. The number of likely N-dealkylation sites (tertiary alicyclic amines) is 1. The van der Waals surface area contributed by atoms with Crippen LogP contribution in [0.15, 0.2) is 18.2 Å². The molecular formula is C16H22F2N2O. The maximum absolute atomic E-state index is 13.8. The number of halogens is 2. The molecule has 1 fully saturated rings. The number of hydrogen-bond acceptors (Lipinski definition) is 2. The maximum Gasteiger partial charge on any atom is 0.225 e. The van der Waals surface area contributed by atoms with Gasteiger partial charge in [-0.1, -0.05) is 6.07 Å². The van der Waals surface area contributed by atoms with E-state index in [0.29, 0.717) is 13.1 Å². The highest BCUT2D eigenvalue weighted by Crippen LogP contribution is 2.30. The van der Waals surface area contributed by atoms with E-state index in [2.05, 4.69) is 0 Å². The van der Waals surface area contributed by atoms with E-state index >= 15 is 0 Å². The van der Waals surface area contributed by atoms with Gasteiger partial charge in [0.1, 0.15) is 11.6 Å². The molecule has 0 radical (unpaired) electrons. The van der Waals surface area contributed by atoms with Crippen LogP contribution >= 0.6 is 0 Å². The molecule has 1 atom stereocenters. The second-order valence-electron chi connectivity index (χ2n) is 5.85. The Morgan fingerprint density at radius 1 is 1.24 bits per heavy atom. The summed E-state index contributed by atoms with van der Waals surface area (Å²) in [6, 6.07) is 3.64. The third kappa shape index (κ3) is 3.40. The Kier molecular flexibility index (Phi) is 4.93. The summed E-state index contributed by atoms with van der Waals surface area (Å²) in [4.78, 5) is 15.6. The Bertz CT molecular complexity index is 491. The van der Waals surface area contributed by atoms with Crippen molar-refractivity contribution in [3.8, 4) is 0 Å². The molecule has 0 bridgehead atoms. The zero-order valence-electron chi connectivity index (χ0n) is 12.8. The third-order valence-electron chi connectivity index (χ3n) is 4.28. The van der Waals surface area contributed by atoms with Gasteiger partial charge < -0.3 is 4.90 Å². The predicted molar refractivity (Wildman–Crippen MR) is 77.8 cm³/mol. The van der Waals surface area contributed by atoms with Crippen LogP contribution in [0.25, 0.3) is 0 Å². The minimum Gasteiger partial charge on any atom is -0.349 e. The van der Waals surface area contributed by atoms with Crippen LogP contribution in [0.3, 0.4) is 0 Å². The summed E-state index contributed by atoms with van der Waals surface area (Å²) >= 11 is 0. The molecule has 116 valence electrons. The molecule has 5 heteroatoms. The zero-order valence-corrected chi connectivity index (χ0v) is 12.8. The second-order valence-corrected chi connectivity index (χ2v) is 5.85. The van der Waals surface area contributed by atoms with Crippen molar-refractivity contribution in [2.45, 2.75) is 25.8 Å². The molecule has 0 spiro atoms. The van der Waals surface area contributed by atoms with Crippen LogP contribution < -0.4 is 0 Å². The van der Waals surface area contributed by atoms with Gasteiger partial charge in [-0.25, -0.2) is 8.78 Å². The van der Waals surface area contributed by atoms with Gasteiger partial charge in [0.25, 0.3) is 0 Å². The van der Waals surface area contributed by atoms with Crippen molar-refractivity contribution in [1.82, 2.24) is 9.80 Å². The number of benzene rings is 1. The van der Waals surface area contributed by atoms with E-state index in [-0.39, 0.29) is 23.4 Å². The van der Waals surface area contributed by atoms with E-state index < -0.39 is 11.6 Å². The van der Waals surface area contributed by atoms with E-state index in [0.717, 1.165) is 12.8 Å². The van der Waals surface area contributed by atoms with E-state index in [1.54, 1.807) is 19.0 Å². The topological polar surface area (TPSA) is 23.6 Å². The smallest absolute Gasteiger partial charge is 0.225 e. The second kappa shape index (κ2) is 6.52. The first-order chi connectivity index (χ1) is 9.91. The minimum atomic E-state index is -0.506. The third-order valence-corrected chi connectivity index (χ3v) is 4.28. The van der Waals surface area contributed by atoms with Crippen molar-refractivity contribution in [3.05, 3.63) is 35.4 Å². The van der Waals surface area contributed by atoms with Crippen LogP contribution in [0, 0.1) is 17.6 Å². The van der Waals surface area contributed by atoms with Gasteiger partial charge >= 0.3 is 0 Å². The molecule has 21 heavy (non-hydrogen) atoms. The van der Waals surface area contributed by atoms with Crippen molar-refractivity contribution in [1.29, 1.82) is 0 Å². The summed E-state index contributed by atoms with van der Waals surface area (Å²) in [6.07, 6.45) is 1.47. The molecule has 1 aliphatic rings. The van der Waals surface area contributed by atoms with Crippen molar-refractivity contribution >= 4 is 5.91 Å². The van der Waals surface area contributed by atoms with Crippen LogP contribution in [0.1, 0.15) is 31.4 Å². The summed E-state index contributed by atoms with van der Waals surface area (Å²) in [5.41, 5.74) is 0.120. The lowest BCUT2D eigenvalue weighted by Gasteiger charge is -2.36. The summed E-state index contributed by atoms with van der Waals surface area (Å²) in [5, 5.41) is 0. The summed E-state index contributed by atoms with van der Waals surface area (Å²) in [6.45, 7) is 3.17. The normalized spacial score (nSPS) is 18.5. The summed E-state index contributed by atoms with van der Waals surface area (Å²) in [7, 11) is 3.51. The highest BCUT2D eigenvalue weighted by atomic mass is 19.1. The molecule has 1 aromatic rings. The zero-order chi connectivity index (χ0) is 15.6. The van der Waals surface area contributed by atoms with Crippen LogP contribution in [0.4, 0.5) is 8.78 Å². The molecule has 2 rings (SSSR count). The molecule has 1 amide bonds. The fourth-order valence-corrected chi connectivity index (χ4v) is 2.99. The van der Waals surface area contributed by atoms with Gasteiger partial charge in [-0.15, -0.1) is 0 Å². The number of piperidine rings is 1. The number of amides is 1. The molecule has 0 N–H and O–H groups in total. The van der Waals surface area contributed by atoms with Crippen molar-refractivity contribution < 1.29 is 13.6 Å². The highest BCUT2D eigenvalue weighted by Gasteiger charge is 2.30. The Morgan fingerprint density at radius 3 is 2.24 bits per heavy atom. The van der Waals surface area contributed by atoms with Gasteiger partial charge in [0.2, 0.25) is 5.91 Å². The van der Waals surface area contributed by atoms with Crippen molar-refractivity contribution in [2.24, 2.45) is 5.92 Å². The van der Waals surface area contributed by atoms with Gasteiger partial charge in [0.05, 0.1) is 0 Å². The summed E-state index contributed by atoms with van der Waals surface area (Å²) < 4.78 is 27.7. The Morgan fingerprint density at radius 2 is 1.76 bits per heavy atom. The van der Waals surface area contributed by atoms with E-state index in [9.17, 15) is 13.6 Å².